The fourth-order valence-electron chi connectivity index (χ4n) is 2.62. The molecule has 0 amide bonds. The van der Waals surface area contributed by atoms with Gasteiger partial charge in [-0.05, 0) is 36.6 Å². The third kappa shape index (κ3) is 2.95. The van der Waals surface area contributed by atoms with Gasteiger partial charge in [-0.1, -0.05) is 30.0 Å². The Morgan fingerprint density at radius 3 is 2.86 bits per heavy atom. The van der Waals surface area contributed by atoms with Crippen LogP contribution in [0.4, 0.5) is 0 Å². The summed E-state index contributed by atoms with van der Waals surface area (Å²) in [7, 11) is 1.65. The molecule has 22 heavy (non-hydrogen) atoms. The lowest BCUT2D eigenvalue weighted by Crippen LogP contribution is -2.28. The maximum absolute atomic E-state index is 5.92. The molecule has 1 aliphatic rings. The van der Waals surface area contributed by atoms with Crippen molar-refractivity contribution >= 4 is 16.9 Å². The number of aliphatic imine (C=N–C) groups is 1. The van der Waals surface area contributed by atoms with E-state index in [4.69, 9.17) is 10.5 Å². The van der Waals surface area contributed by atoms with Crippen LogP contribution in [0.3, 0.4) is 0 Å². The van der Waals surface area contributed by atoms with E-state index in [-0.39, 0.29) is 5.54 Å². The van der Waals surface area contributed by atoms with Crippen molar-refractivity contribution in [2.75, 3.05) is 12.9 Å². The topological polar surface area (TPSA) is 60.5 Å². The van der Waals surface area contributed by atoms with Gasteiger partial charge in [0.1, 0.15) is 5.75 Å². The fourth-order valence-corrected chi connectivity index (χ4v) is 3.59. The number of pyridine rings is 1. The van der Waals surface area contributed by atoms with Gasteiger partial charge in [-0.25, -0.2) is 0 Å². The van der Waals surface area contributed by atoms with Gasteiger partial charge in [-0.2, -0.15) is 0 Å². The van der Waals surface area contributed by atoms with E-state index in [0.29, 0.717) is 5.17 Å². The van der Waals surface area contributed by atoms with Gasteiger partial charge in [0.2, 0.25) is 0 Å². The highest BCUT2D eigenvalue weighted by molar-refractivity contribution is 8.13. The monoisotopic (exact) mass is 313 g/mol. The number of aromatic nitrogens is 1. The molecule has 0 radical (unpaired) electrons. The Bertz CT molecular complexity index is 717. The average molecular weight is 313 g/mol. The van der Waals surface area contributed by atoms with E-state index in [9.17, 15) is 0 Å². The van der Waals surface area contributed by atoms with Gasteiger partial charge < -0.3 is 10.5 Å². The number of amidine groups is 1. The highest BCUT2D eigenvalue weighted by atomic mass is 32.2. The van der Waals surface area contributed by atoms with Gasteiger partial charge >= 0.3 is 0 Å². The minimum Gasteiger partial charge on any atom is -0.495 e. The summed E-state index contributed by atoms with van der Waals surface area (Å²) in [6.07, 6.45) is 4.54. The molecule has 0 bridgehead atoms. The molecular formula is C17H19N3OS. The number of methoxy groups -OCH3 is 1. The van der Waals surface area contributed by atoms with E-state index in [1.165, 1.54) is 5.56 Å². The van der Waals surface area contributed by atoms with Crippen LogP contribution in [-0.4, -0.2) is 23.0 Å². The van der Waals surface area contributed by atoms with Crippen LogP contribution in [0, 0.1) is 0 Å². The number of hydrogen-bond acceptors (Lipinski definition) is 5. The predicted molar refractivity (Wildman–Crippen MR) is 92.3 cm³/mol. The normalized spacial score (nSPS) is 21.3. The summed E-state index contributed by atoms with van der Waals surface area (Å²) in [5.74, 6) is 1.75. The molecule has 1 atom stereocenters. The van der Waals surface area contributed by atoms with Crippen molar-refractivity contribution in [1.82, 2.24) is 4.98 Å². The summed E-state index contributed by atoms with van der Waals surface area (Å²) < 4.78 is 5.25. The Morgan fingerprint density at radius 2 is 2.09 bits per heavy atom. The summed E-state index contributed by atoms with van der Waals surface area (Å²) in [5.41, 5.74) is 8.99. The van der Waals surface area contributed by atoms with E-state index in [2.05, 4.69) is 41.2 Å². The van der Waals surface area contributed by atoms with E-state index in [1.807, 2.05) is 12.3 Å². The van der Waals surface area contributed by atoms with Crippen LogP contribution >= 0.6 is 11.8 Å². The zero-order valence-electron chi connectivity index (χ0n) is 12.7. The predicted octanol–water partition coefficient (Wildman–Crippen LogP) is 3.42. The number of hydrogen-bond donors (Lipinski definition) is 1. The zero-order chi connectivity index (χ0) is 15.6. The van der Waals surface area contributed by atoms with Gasteiger partial charge in [0.05, 0.1) is 18.8 Å². The minimum absolute atomic E-state index is 0.252. The van der Waals surface area contributed by atoms with Crippen molar-refractivity contribution in [3.05, 3.63) is 48.3 Å². The van der Waals surface area contributed by atoms with Crippen LogP contribution in [-0.2, 0) is 5.54 Å². The minimum atomic E-state index is -0.252. The van der Waals surface area contributed by atoms with Crippen molar-refractivity contribution in [3.8, 4) is 16.9 Å². The van der Waals surface area contributed by atoms with Gasteiger partial charge in [0.15, 0.2) is 5.17 Å². The summed E-state index contributed by atoms with van der Waals surface area (Å²) in [6.45, 7) is 2.14. The highest BCUT2D eigenvalue weighted by Crippen LogP contribution is 2.36. The van der Waals surface area contributed by atoms with Crippen LogP contribution in [0.2, 0.25) is 0 Å². The molecule has 0 saturated heterocycles. The largest absolute Gasteiger partial charge is 0.495 e. The number of nitrogens with two attached hydrogens (primary N) is 1. The molecule has 2 N–H and O–H groups in total. The molecule has 4 nitrogen and oxygen atoms in total. The highest BCUT2D eigenvalue weighted by Gasteiger charge is 2.29. The Hall–Kier alpha value is -2.01. The molecule has 0 spiro atoms. The first kappa shape index (κ1) is 14.9. The maximum Gasteiger partial charge on any atom is 0.154 e. The second kappa shape index (κ2) is 6.01. The van der Waals surface area contributed by atoms with Gasteiger partial charge in [0.25, 0.3) is 0 Å². The number of nitrogens with zero attached hydrogens (tertiary/aromatic N) is 2. The third-order valence-electron chi connectivity index (χ3n) is 3.96. The lowest BCUT2D eigenvalue weighted by molar-refractivity contribution is 0.413. The SMILES string of the molecule is COc1cncc(-c2cccc([C@]3(C)CCSC(N)=N3)c2)c1. The van der Waals surface area contributed by atoms with Crippen molar-refractivity contribution in [1.29, 1.82) is 0 Å². The van der Waals surface area contributed by atoms with Crippen LogP contribution in [0.25, 0.3) is 11.1 Å². The molecular weight excluding hydrogens is 294 g/mol. The second-order valence-corrected chi connectivity index (χ2v) is 6.63. The maximum atomic E-state index is 5.92. The number of thioether (sulfide) groups is 1. The molecule has 1 aliphatic heterocycles. The Kier molecular flexibility index (Phi) is 4.07. The summed E-state index contributed by atoms with van der Waals surface area (Å²) in [6, 6.07) is 10.4. The zero-order valence-corrected chi connectivity index (χ0v) is 13.6. The molecule has 114 valence electrons. The van der Waals surface area contributed by atoms with Crippen molar-refractivity contribution in [3.63, 3.8) is 0 Å². The van der Waals surface area contributed by atoms with Gasteiger partial charge in [-0.15, -0.1) is 0 Å². The summed E-state index contributed by atoms with van der Waals surface area (Å²) in [4.78, 5) is 8.90. The lowest BCUT2D eigenvalue weighted by atomic mass is 9.88. The molecule has 1 aromatic carbocycles. The van der Waals surface area contributed by atoms with Crippen molar-refractivity contribution in [2.45, 2.75) is 18.9 Å². The fraction of sp³-hybridized carbons (Fsp3) is 0.294. The first-order chi connectivity index (χ1) is 10.6. The number of ether oxygens (including phenoxy) is 1. The summed E-state index contributed by atoms with van der Waals surface area (Å²) in [5, 5.41) is 0.669. The number of benzene rings is 1. The second-order valence-electron chi connectivity index (χ2n) is 5.52. The van der Waals surface area contributed by atoms with E-state index < -0.39 is 0 Å². The van der Waals surface area contributed by atoms with Crippen molar-refractivity contribution < 1.29 is 4.74 Å². The van der Waals surface area contributed by atoms with Crippen LogP contribution in [0.1, 0.15) is 18.9 Å². The molecule has 0 unspecified atom stereocenters. The molecule has 3 rings (SSSR count). The molecule has 0 aliphatic carbocycles. The average Bonchev–Trinajstić information content (AvgIpc) is 2.55. The molecule has 1 aromatic heterocycles. The van der Waals surface area contributed by atoms with Crippen molar-refractivity contribution in [2.24, 2.45) is 10.7 Å². The molecule has 2 aromatic rings. The van der Waals surface area contributed by atoms with E-state index in [0.717, 1.165) is 29.1 Å². The first-order valence-corrected chi connectivity index (χ1v) is 8.17. The van der Waals surface area contributed by atoms with Gasteiger partial charge in [0, 0.05) is 17.5 Å². The lowest BCUT2D eigenvalue weighted by Gasteiger charge is -2.30. The van der Waals surface area contributed by atoms with E-state index in [1.54, 1.807) is 25.1 Å². The van der Waals surface area contributed by atoms with Crippen LogP contribution in [0.15, 0.2) is 47.7 Å². The van der Waals surface area contributed by atoms with Crippen LogP contribution < -0.4 is 10.5 Å². The smallest absolute Gasteiger partial charge is 0.154 e. The molecule has 0 saturated carbocycles. The molecule has 2 heterocycles. The third-order valence-corrected chi connectivity index (χ3v) is 4.76. The Balaban J connectivity index is 2.01. The van der Waals surface area contributed by atoms with Gasteiger partial charge in [-0.3, -0.25) is 9.98 Å². The molecule has 0 fully saturated rings. The summed E-state index contributed by atoms with van der Waals surface area (Å²) >= 11 is 1.62. The quantitative estimate of drug-likeness (QED) is 0.943. The Labute approximate surface area is 134 Å². The standard InChI is InChI=1S/C17H19N3OS/c1-17(6-7-22-16(18)20-17)14-5-3-4-12(8-14)13-9-15(21-2)11-19-10-13/h3-5,8-11H,6-7H2,1-2H3,(H2,18,20)/t17-/m0/s1. The molecule has 5 heteroatoms. The first-order valence-electron chi connectivity index (χ1n) is 7.19. The van der Waals surface area contributed by atoms with Crippen LogP contribution in [0.5, 0.6) is 5.75 Å². The number of rotatable bonds is 3. The van der Waals surface area contributed by atoms with E-state index >= 15 is 0 Å². The Morgan fingerprint density at radius 1 is 1.23 bits per heavy atom.